The highest BCUT2D eigenvalue weighted by atomic mass is 35.5. The Labute approximate surface area is 123 Å². The van der Waals surface area contributed by atoms with Gasteiger partial charge in [0.25, 0.3) is 0 Å². The van der Waals surface area contributed by atoms with E-state index >= 15 is 0 Å². The number of halogens is 1. The van der Waals surface area contributed by atoms with Gasteiger partial charge in [-0.15, -0.1) is 11.3 Å². The van der Waals surface area contributed by atoms with E-state index in [1.165, 1.54) is 22.4 Å². The van der Waals surface area contributed by atoms with Crippen molar-refractivity contribution >= 4 is 38.7 Å². The third-order valence-electron chi connectivity index (χ3n) is 3.99. The molecule has 98 valence electrons. The first-order valence-corrected chi connectivity index (χ1v) is 7.64. The summed E-state index contributed by atoms with van der Waals surface area (Å²) in [5.74, 6) is 1.65. The number of thiophene rings is 1. The molecule has 5 rings (SSSR count). The lowest BCUT2D eigenvalue weighted by Gasteiger charge is -2.25. The van der Waals surface area contributed by atoms with Crippen LogP contribution in [0.5, 0.6) is 0 Å². The lowest BCUT2D eigenvalue weighted by molar-refractivity contribution is 0.430. The van der Waals surface area contributed by atoms with Gasteiger partial charge in [-0.3, -0.25) is 0 Å². The quantitative estimate of drug-likeness (QED) is 0.630. The van der Waals surface area contributed by atoms with Crippen LogP contribution in [0, 0.1) is 0 Å². The van der Waals surface area contributed by atoms with Crippen LogP contribution in [-0.2, 0) is 0 Å². The molecule has 6 heteroatoms. The second kappa shape index (κ2) is 3.68. The van der Waals surface area contributed by atoms with Gasteiger partial charge in [0, 0.05) is 22.4 Å². The van der Waals surface area contributed by atoms with Crippen molar-refractivity contribution < 1.29 is 4.52 Å². The highest BCUT2D eigenvalue weighted by Gasteiger charge is 2.39. The molecule has 20 heavy (non-hydrogen) atoms. The summed E-state index contributed by atoms with van der Waals surface area (Å²) in [5, 5.41) is 5.19. The maximum Gasteiger partial charge on any atom is 0.204 e. The molecule has 0 saturated heterocycles. The highest BCUT2D eigenvalue weighted by molar-refractivity contribution is 7.19. The number of allylic oxidation sites excluding steroid dienone is 2. The number of rotatable bonds is 1. The van der Waals surface area contributed by atoms with Gasteiger partial charge in [0.1, 0.15) is 9.98 Å². The summed E-state index contributed by atoms with van der Waals surface area (Å²) >= 11 is 8.12. The first-order valence-electron chi connectivity index (χ1n) is 6.44. The SMILES string of the molecule is Clc1nc(-c2ccno2)nc2sc3c(c12)C1=CCCC13. The molecular weight excluding hydrogens is 294 g/mol. The van der Waals surface area contributed by atoms with Crippen LogP contribution in [0.25, 0.3) is 27.4 Å². The van der Waals surface area contributed by atoms with Crippen molar-refractivity contribution in [1.29, 1.82) is 0 Å². The highest BCUT2D eigenvalue weighted by Crippen LogP contribution is 2.59. The molecule has 0 radical (unpaired) electrons. The minimum absolute atomic E-state index is 0.500. The van der Waals surface area contributed by atoms with Crippen molar-refractivity contribution in [2.24, 2.45) is 0 Å². The molecule has 2 aliphatic rings. The third-order valence-corrected chi connectivity index (χ3v) is 5.46. The van der Waals surface area contributed by atoms with Gasteiger partial charge in [0.05, 0.1) is 11.6 Å². The molecule has 3 aromatic heterocycles. The Morgan fingerprint density at radius 2 is 2.30 bits per heavy atom. The molecule has 3 aromatic rings. The molecule has 1 unspecified atom stereocenters. The summed E-state index contributed by atoms with van der Waals surface area (Å²) in [6.45, 7) is 0. The summed E-state index contributed by atoms with van der Waals surface area (Å²) in [6.07, 6.45) is 6.28. The molecule has 0 saturated carbocycles. The number of fused-ring (bicyclic) bond motifs is 6. The van der Waals surface area contributed by atoms with Crippen molar-refractivity contribution in [1.82, 2.24) is 15.1 Å². The zero-order valence-electron chi connectivity index (χ0n) is 10.3. The van der Waals surface area contributed by atoms with Crippen LogP contribution in [0.3, 0.4) is 0 Å². The van der Waals surface area contributed by atoms with Gasteiger partial charge in [-0.25, -0.2) is 9.97 Å². The second-order valence-electron chi connectivity index (χ2n) is 5.03. The van der Waals surface area contributed by atoms with Gasteiger partial charge >= 0.3 is 0 Å². The van der Waals surface area contributed by atoms with Gasteiger partial charge in [0.2, 0.25) is 11.6 Å². The zero-order chi connectivity index (χ0) is 13.3. The van der Waals surface area contributed by atoms with Crippen molar-refractivity contribution in [3.05, 3.63) is 33.9 Å². The average Bonchev–Trinajstić information content (AvgIpc) is 3.13. The fourth-order valence-electron chi connectivity index (χ4n) is 3.12. The van der Waals surface area contributed by atoms with E-state index in [-0.39, 0.29) is 0 Å². The topological polar surface area (TPSA) is 51.8 Å². The molecule has 0 spiro atoms. The molecular formula is C14H8ClN3OS. The molecule has 0 N–H and O–H groups in total. The van der Waals surface area contributed by atoms with Crippen LogP contribution in [0.15, 0.2) is 22.9 Å². The van der Waals surface area contributed by atoms with Gasteiger partial charge in [0.15, 0.2) is 0 Å². The van der Waals surface area contributed by atoms with Crippen molar-refractivity contribution in [2.45, 2.75) is 18.8 Å². The van der Waals surface area contributed by atoms with Crippen molar-refractivity contribution in [3.8, 4) is 11.6 Å². The summed E-state index contributed by atoms with van der Waals surface area (Å²) in [7, 11) is 0. The van der Waals surface area contributed by atoms with Crippen LogP contribution >= 0.6 is 22.9 Å². The Bertz CT molecular complexity index is 882. The first kappa shape index (κ1) is 11.0. The largest absolute Gasteiger partial charge is 0.353 e. The predicted molar refractivity (Wildman–Crippen MR) is 77.9 cm³/mol. The Morgan fingerprint density at radius 3 is 3.15 bits per heavy atom. The fourth-order valence-corrected chi connectivity index (χ4v) is 4.79. The number of hydrogen-bond donors (Lipinski definition) is 0. The van der Waals surface area contributed by atoms with Crippen LogP contribution in [0.4, 0.5) is 0 Å². The standard InChI is InChI=1S/C14H8ClN3OS/c15-12-10-9-6-2-1-3-7(6)11(9)20-14(10)18-13(17-12)8-4-5-16-19-8/h2,4-5,7H,1,3H2. The molecule has 2 aliphatic carbocycles. The summed E-state index contributed by atoms with van der Waals surface area (Å²) < 4.78 is 5.11. The van der Waals surface area contributed by atoms with E-state index in [0.29, 0.717) is 22.7 Å². The van der Waals surface area contributed by atoms with Crippen molar-refractivity contribution in [2.75, 3.05) is 0 Å². The van der Waals surface area contributed by atoms with E-state index in [2.05, 4.69) is 21.2 Å². The smallest absolute Gasteiger partial charge is 0.204 e. The Morgan fingerprint density at radius 1 is 1.35 bits per heavy atom. The van der Waals surface area contributed by atoms with E-state index in [9.17, 15) is 0 Å². The third kappa shape index (κ3) is 1.24. The molecule has 0 amide bonds. The van der Waals surface area contributed by atoms with E-state index in [4.69, 9.17) is 16.1 Å². The molecule has 0 bridgehead atoms. The van der Waals surface area contributed by atoms with Crippen LogP contribution < -0.4 is 0 Å². The molecule has 4 nitrogen and oxygen atoms in total. The molecule has 1 atom stereocenters. The Kier molecular flexibility index (Phi) is 2.02. The number of hydrogen-bond acceptors (Lipinski definition) is 5. The molecule has 0 aromatic carbocycles. The van der Waals surface area contributed by atoms with E-state index in [1.807, 2.05) is 0 Å². The molecule has 3 heterocycles. The maximum atomic E-state index is 6.39. The first-order chi connectivity index (χ1) is 9.83. The zero-order valence-corrected chi connectivity index (χ0v) is 11.8. The Hall–Kier alpha value is -1.72. The predicted octanol–water partition coefficient (Wildman–Crippen LogP) is 4.27. The van der Waals surface area contributed by atoms with Gasteiger partial charge in [-0.2, -0.15) is 0 Å². The summed E-state index contributed by atoms with van der Waals surface area (Å²) in [4.78, 5) is 11.3. The minimum Gasteiger partial charge on any atom is -0.353 e. The van der Waals surface area contributed by atoms with E-state index in [1.54, 1.807) is 23.6 Å². The van der Waals surface area contributed by atoms with Crippen LogP contribution in [-0.4, -0.2) is 15.1 Å². The van der Waals surface area contributed by atoms with E-state index in [0.717, 1.165) is 16.6 Å². The van der Waals surface area contributed by atoms with Crippen LogP contribution in [0.1, 0.15) is 29.2 Å². The molecule has 0 fully saturated rings. The van der Waals surface area contributed by atoms with Crippen molar-refractivity contribution in [3.63, 3.8) is 0 Å². The Balaban J connectivity index is 1.80. The normalized spacial score (nSPS) is 19.6. The van der Waals surface area contributed by atoms with Gasteiger partial charge in [-0.05, 0) is 18.4 Å². The average molecular weight is 302 g/mol. The summed E-state index contributed by atoms with van der Waals surface area (Å²) in [5.41, 5.74) is 2.71. The van der Waals surface area contributed by atoms with Gasteiger partial charge in [-0.1, -0.05) is 22.8 Å². The summed E-state index contributed by atoms with van der Waals surface area (Å²) in [6, 6.07) is 1.74. The van der Waals surface area contributed by atoms with E-state index < -0.39 is 0 Å². The maximum absolute atomic E-state index is 6.39. The monoisotopic (exact) mass is 301 g/mol. The van der Waals surface area contributed by atoms with Gasteiger partial charge < -0.3 is 4.52 Å². The lowest BCUT2D eigenvalue weighted by Crippen LogP contribution is -2.08. The number of nitrogens with zero attached hydrogens (tertiary/aromatic N) is 3. The molecule has 0 aliphatic heterocycles. The lowest BCUT2D eigenvalue weighted by atomic mass is 9.80. The number of aromatic nitrogens is 3. The minimum atomic E-state index is 0.500. The second-order valence-corrected chi connectivity index (χ2v) is 6.41. The fraction of sp³-hybridized carbons (Fsp3) is 0.214. The van der Waals surface area contributed by atoms with Crippen LogP contribution in [0.2, 0.25) is 5.15 Å².